The number of aliphatic hydroxyl groups excluding tert-OH is 1. The number of hydrogen-bond donors (Lipinski definition) is 1. The number of aryl methyl sites for hydroxylation is 2. The van der Waals surface area contributed by atoms with Gasteiger partial charge in [-0.1, -0.05) is 0 Å². The Balaban J connectivity index is 2.63. The summed E-state index contributed by atoms with van der Waals surface area (Å²) in [4.78, 5) is 4.15. The lowest BCUT2D eigenvalue weighted by Crippen LogP contribution is -1.99. The van der Waals surface area contributed by atoms with Crippen molar-refractivity contribution in [3.8, 4) is 0 Å². The molecular formula is C8H14N2O. The first-order valence-electron chi connectivity index (χ1n) is 3.83. The molecule has 1 rings (SSSR count). The molecule has 0 saturated heterocycles. The standard InChI is InChI=1S/C8H14N2O/c1-7-9-6-8(10(7)2)4-3-5-11/h6,11H,3-5H2,1-2H3. The maximum absolute atomic E-state index is 8.60. The third-order valence-electron chi connectivity index (χ3n) is 1.91. The second kappa shape index (κ2) is 3.53. The Labute approximate surface area is 66.7 Å². The first-order valence-corrected chi connectivity index (χ1v) is 3.83. The number of rotatable bonds is 3. The Morgan fingerprint density at radius 2 is 2.36 bits per heavy atom. The summed E-state index contributed by atoms with van der Waals surface area (Å²) in [5.74, 6) is 1.03. The third-order valence-corrected chi connectivity index (χ3v) is 1.91. The minimum absolute atomic E-state index is 0.254. The van der Waals surface area contributed by atoms with Crippen molar-refractivity contribution < 1.29 is 5.11 Å². The summed E-state index contributed by atoms with van der Waals surface area (Å²) in [5.41, 5.74) is 1.19. The lowest BCUT2D eigenvalue weighted by atomic mass is 10.2. The van der Waals surface area contributed by atoms with Crippen molar-refractivity contribution in [2.24, 2.45) is 7.05 Å². The summed E-state index contributed by atoms with van der Waals surface area (Å²) in [6, 6.07) is 0. The minimum atomic E-state index is 0.254. The molecule has 3 nitrogen and oxygen atoms in total. The van der Waals surface area contributed by atoms with Gasteiger partial charge in [0.15, 0.2) is 0 Å². The van der Waals surface area contributed by atoms with Crippen LogP contribution in [0.2, 0.25) is 0 Å². The first kappa shape index (κ1) is 8.27. The highest BCUT2D eigenvalue weighted by atomic mass is 16.2. The topological polar surface area (TPSA) is 38.1 Å². The Morgan fingerprint density at radius 3 is 2.82 bits per heavy atom. The zero-order valence-electron chi connectivity index (χ0n) is 7.04. The molecular weight excluding hydrogens is 140 g/mol. The Morgan fingerprint density at radius 1 is 1.64 bits per heavy atom. The van der Waals surface area contributed by atoms with E-state index in [1.54, 1.807) is 0 Å². The maximum atomic E-state index is 8.60. The largest absolute Gasteiger partial charge is 0.396 e. The summed E-state index contributed by atoms with van der Waals surface area (Å²) >= 11 is 0. The third kappa shape index (κ3) is 1.80. The minimum Gasteiger partial charge on any atom is -0.396 e. The zero-order chi connectivity index (χ0) is 8.27. The van der Waals surface area contributed by atoms with E-state index in [0.717, 1.165) is 18.7 Å². The molecule has 1 N–H and O–H groups in total. The molecule has 0 fully saturated rings. The van der Waals surface area contributed by atoms with Gasteiger partial charge in [-0.15, -0.1) is 0 Å². The molecule has 0 saturated carbocycles. The van der Waals surface area contributed by atoms with Crippen LogP contribution in [-0.2, 0) is 13.5 Å². The normalized spacial score (nSPS) is 10.5. The molecule has 0 atom stereocenters. The van der Waals surface area contributed by atoms with Crippen LogP contribution in [0.3, 0.4) is 0 Å². The molecule has 3 heteroatoms. The zero-order valence-corrected chi connectivity index (χ0v) is 7.04. The molecule has 0 bridgehead atoms. The summed E-state index contributed by atoms with van der Waals surface area (Å²) < 4.78 is 2.05. The van der Waals surface area contributed by atoms with Crippen molar-refractivity contribution in [3.63, 3.8) is 0 Å². The molecule has 0 aliphatic heterocycles. The lowest BCUT2D eigenvalue weighted by Gasteiger charge is -2.00. The smallest absolute Gasteiger partial charge is 0.105 e. The van der Waals surface area contributed by atoms with E-state index >= 15 is 0 Å². The fourth-order valence-corrected chi connectivity index (χ4v) is 1.04. The van der Waals surface area contributed by atoms with Gasteiger partial charge < -0.3 is 9.67 Å². The van der Waals surface area contributed by atoms with E-state index in [1.807, 2.05) is 20.2 Å². The average Bonchev–Trinajstić information content (AvgIpc) is 2.31. The van der Waals surface area contributed by atoms with Crippen molar-refractivity contribution in [2.75, 3.05) is 6.61 Å². The van der Waals surface area contributed by atoms with Crippen LogP contribution < -0.4 is 0 Å². The molecule has 0 aliphatic carbocycles. The molecule has 1 aromatic rings. The van der Waals surface area contributed by atoms with Gasteiger partial charge in [-0.25, -0.2) is 4.98 Å². The predicted octanol–water partition coefficient (Wildman–Crippen LogP) is 0.653. The van der Waals surface area contributed by atoms with E-state index in [2.05, 4.69) is 9.55 Å². The van der Waals surface area contributed by atoms with Gasteiger partial charge in [-0.2, -0.15) is 0 Å². The molecule has 0 unspecified atom stereocenters. The average molecular weight is 154 g/mol. The predicted molar refractivity (Wildman–Crippen MR) is 43.4 cm³/mol. The van der Waals surface area contributed by atoms with Gasteiger partial charge in [-0.05, 0) is 19.8 Å². The van der Waals surface area contributed by atoms with E-state index < -0.39 is 0 Å². The second-order valence-corrected chi connectivity index (χ2v) is 2.68. The maximum Gasteiger partial charge on any atom is 0.105 e. The van der Waals surface area contributed by atoms with E-state index in [1.165, 1.54) is 5.69 Å². The number of hydrogen-bond acceptors (Lipinski definition) is 2. The fraction of sp³-hybridized carbons (Fsp3) is 0.625. The van der Waals surface area contributed by atoms with Gasteiger partial charge >= 0.3 is 0 Å². The molecule has 1 aromatic heterocycles. The quantitative estimate of drug-likeness (QED) is 0.694. The van der Waals surface area contributed by atoms with Crippen molar-refractivity contribution in [2.45, 2.75) is 19.8 Å². The summed E-state index contributed by atoms with van der Waals surface area (Å²) in [5, 5.41) is 8.60. The number of aliphatic hydroxyl groups is 1. The van der Waals surface area contributed by atoms with E-state index in [9.17, 15) is 0 Å². The van der Waals surface area contributed by atoms with Crippen LogP contribution in [0.4, 0.5) is 0 Å². The first-order chi connectivity index (χ1) is 5.25. The molecule has 11 heavy (non-hydrogen) atoms. The van der Waals surface area contributed by atoms with Crippen LogP contribution in [0, 0.1) is 6.92 Å². The summed E-state index contributed by atoms with van der Waals surface area (Å²) in [7, 11) is 2.00. The number of aromatic nitrogens is 2. The van der Waals surface area contributed by atoms with Crippen molar-refractivity contribution in [1.29, 1.82) is 0 Å². The second-order valence-electron chi connectivity index (χ2n) is 2.68. The summed E-state index contributed by atoms with van der Waals surface area (Å²) in [6.45, 7) is 2.23. The van der Waals surface area contributed by atoms with Gasteiger partial charge in [0.05, 0.1) is 0 Å². The van der Waals surface area contributed by atoms with Crippen LogP contribution in [-0.4, -0.2) is 21.3 Å². The van der Waals surface area contributed by atoms with Crippen LogP contribution in [0.25, 0.3) is 0 Å². The Bertz CT molecular complexity index is 230. The highest BCUT2D eigenvalue weighted by Gasteiger charge is 2.00. The lowest BCUT2D eigenvalue weighted by molar-refractivity contribution is 0.287. The molecule has 0 aromatic carbocycles. The van der Waals surface area contributed by atoms with Crippen molar-refractivity contribution >= 4 is 0 Å². The van der Waals surface area contributed by atoms with Crippen LogP contribution >= 0.6 is 0 Å². The Kier molecular flexibility index (Phi) is 2.65. The molecule has 0 radical (unpaired) electrons. The van der Waals surface area contributed by atoms with Crippen LogP contribution in [0.1, 0.15) is 17.9 Å². The van der Waals surface area contributed by atoms with Crippen molar-refractivity contribution in [1.82, 2.24) is 9.55 Å². The van der Waals surface area contributed by atoms with Crippen LogP contribution in [0.5, 0.6) is 0 Å². The van der Waals surface area contributed by atoms with Gasteiger partial charge in [0.25, 0.3) is 0 Å². The van der Waals surface area contributed by atoms with Crippen LogP contribution in [0.15, 0.2) is 6.20 Å². The molecule has 62 valence electrons. The van der Waals surface area contributed by atoms with Gasteiger partial charge in [-0.3, -0.25) is 0 Å². The molecule has 0 spiro atoms. The SMILES string of the molecule is Cc1ncc(CCCO)n1C. The Hall–Kier alpha value is -0.830. The van der Waals surface area contributed by atoms with E-state index in [-0.39, 0.29) is 6.61 Å². The molecule has 0 aliphatic rings. The van der Waals surface area contributed by atoms with Gasteiger partial charge in [0.1, 0.15) is 5.82 Å². The van der Waals surface area contributed by atoms with Crippen molar-refractivity contribution in [3.05, 3.63) is 17.7 Å². The number of nitrogens with zero attached hydrogens (tertiary/aromatic N) is 2. The van der Waals surface area contributed by atoms with Gasteiger partial charge in [0, 0.05) is 25.5 Å². The highest BCUT2D eigenvalue weighted by Crippen LogP contribution is 2.03. The van der Waals surface area contributed by atoms with Gasteiger partial charge in [0.2, 0.25) is 0 Å². The summed E-state index contributed by atoms with van der Waals surface area (Å²) in [6.07, 6.45) is 3.60. The van der Waals surface area contributed by atoms with E-state index in [0.29, 0.717) is 0 Å². The number of imidazole rings is 1. The highest BCUT2D eigenvalue weighted by molar-refractivity contribution is 5.03. The molecule has 0 amide bonds. The van der Waals surface area contributed by atoms with E-state index in [4.69, 9.17) is 5.11 Å². The monoisotopic (exact) mass is 154 g/mol. The molecule has 1 heterocycles. The fourth-order valence-electron chi connectivity index (χ4n) is 1.04.